The van der Waals surface area contributed by atoms with Gasteiger partial charge >= 0.3 is 12.1 Å². The Morgan fingerprint density at radius 3 is 2.30 bits per heavy atom. The second-order valence-corrected chi connectivity index (χ2v) is 6.08. The van der Waals surface area contributed by atoms with Gasteiger partial charge in [0.25, 0.3) is 0 Å². The molecule has 0 aromatic heterocycles. The average Bonchev–Trinajstić information content (AvgIpc) is 2.16. The molecule has 0 saturated carbocycles. The number of hydrogen-bond acceptors (Lipinski definition) is 4. The molecule has 1 atom stereocenters. The number of nitrogens with one attached hydrogen (secondary N) is 1. The molecule has 1 rings (SSSR count). The summed E-state index contributed by atoms with van der Waals surface area (Å²) in [5.74, 6) is -1.37. The summed E-state index contributed by atoms with van der Waals surface area (Å²) in [6.45, 7) is 7.57. The second-order valence-electron chi connectivity index (χ2n) is 6.08. The van der Waals surface area contributed by atoms with E-state index < -0.39 is 17.6 Å². The molecular formula is C13H22N2O5. The Bertz CT molecular complexity index is 396. The number of likely N-dealkylation sites (tertiary alicyclic amines) is 1. The predicted octanol–water partition coefficient (Wildman–Crippen LogP) is 0.833. The van der Waals surface area contributed by atoms with E-state index in [1.54, 1.807) is 20.8 Å². The van der Waals surface area contributed by atoms with Gasteiger partial charge in [-0.05, 0) is 33.1 Å². The molecule has 0 aromatic carbocycles. The van der Waals surface area contributed by atoms with Crippen LogP contribution in [0, 0.1) is 5.92 Å². The first-order valence-electron chi connectivity index (χ1n) is 6.56. The first kappa shape index (κ1) is 16.3. The molecule has 0 unspecified atom stereocenters. The summed E-state index contributed by atoms with van der Waals surface area (Å²) in [6, 6.07) is -0.904. The van der Waals surface area contributed by atoms with Crippen LogP contribution in [0.4, 0.5) is 4.79 Å². The van der Waals surface area contributed by atoms with Gasteiger partial charge in [0.05, 0.1) is 0 Å². The summed E-state index contributed by atoms with van der Waals surface area (Å²) >= 11 is 0. The van der Waals surface area contributed by atoms with E-state index in [4.69, 9.17) is 9.84 Å². The lowest BCUT2D eigenvalue weighted by Gasteiger charge is -2.40. The number of carboxylic acid groups (broad SMARTS) is 1. The van der Waals surface area contributed by atoms with Crippen LogP contribution in [-0.4, -0.2) is 52.7 Å². The highest BCUT2D eigenvalue weighted by molar-refractivity contribution is 5.82. The summed E-state index contributed by atoms with van der Waals surface area (Å²) in [4.78, 5) is 35.1. The zero-order valence-corrected chi connectivity index (χ0v) is 12.3. The third kappa shape index (κ3) is 5.07. The highest BCUT2D eigenvalue weighted by Crippen LogP contribution is 2.23. The van der Waals surface area contributed by atoms with Gasteiger partial charge in [-0.25, -0.2) is 9.59 Å². The Kier molecular flexibility index (Phi) is 4.97. The van der Waals surface area contributed by atoms with E-state index in [-0.39, 0.29) is 17.9 Å². The van der Waals surface area contributed by atoms with Gasteiger partial charge in [0, 0.05) is 20.0 Å². The molecule has 114 valence electrons. The average molecular weight is 286 g/mol. The van der Waals surface area contributed by atoms with Crippen molar-refractivity contribution in [2.24, 2.45) is 5.92 Å². The number of amides is 2. The number of aliphatic carboxylic acids is 1. The van der Waals surface area contributed by atoms with Crippen molar-refractivity contribution < 1.29 is 24.2 Å². The Hall–Kier alpha value is -1.79. The van der Waals surface area contributed by atoms with Gasteiger partial charge < -0.3 is 20.1 Å². The molecule has 2 amide bonds. The summed E-state index contributed by atoms with van der Waals surface area (Å²) in [6.07, 6.45) is -0.0750. The van der Waals surface area contributed by atoms with Gasteiger partial charge in [-0.2, -0.15) is 0 Å². The molecule has 2 N–H and O–H groups in total. The van der Waals surface area contributed by atoms with E-state index in [1.165, 1.54) is 11.8 Å². The van der Waals surface area contributed by atoms with Crippen LogP contribution in [0.3, 0.4) is 0 Å². The van der Waals surface area contributed by atoms with Gasteiger partial charge in [-0.1, -0.05) is 0 Å². The van der Waals surface area contributed by atoms with Gasteiger partial charge in [0.15, 0.2) is 0 Å². The monoisotopic (exact) mass is 286 g/mol. The van der Waals surface area contributed by atoms with E-state index in [2.05, 4.69) is 5.32 Å². The summed E-state index contributed by atoms with van der Waals surface area (Å²) in [5, 5.41) is 11.4. The molecule has 1 saturated heterocycles. The molecule has 0 aromatic rings. The summed E-state index contributed by atoms with van der Waals surface area (Å²) in [5.41, 5.74) is -0.540. The topological polar surface area (TPSA) is 95.9 Å². The van der Waals surface area contributed by atoms with Crippen LogP contribution in [0.5, 0.6) is 0 Å². The van der Waals surface area contributed by atoms with E-state index in [9.17, 15) is 14.4 Å². The minimum atomic E-state index is -1.06. The van der Waals surface area contributed by atoms with Crippen molar-refractivity contribution in [1.82, 2.24) is 10.2 Å². The van der Waals surface area contributed by atoms with E-state index >= 15 is 0 Å². The van der Waals surface area contributed by atoms with Crippen molar-refractivity contribution in [2.75, 3.05) is 13.1 Å². The molecule has 1 heterocycles. The van der Waals surface area contributed by atoms with Crippen LogP contribution in [0.2, 0.25) is 0 Å². The number of carbonyl (C=O) groups is 3. The van der Waals surface area contributed by atoms with Crippen LogP contribution < -0.4 is 5.32 Å². The maximum absolute atomic E-state index is 11.7. The van der Waals surface area contributed by atoms with Crippen molar-refractivity contribution in [2.45, 2.75) is 45.8 Å². The molecule has 7 heteroatoms. The van der Waals surface area contributed by atoms with Crippen molar-refractivity contribution in [3.63, 3.8) is 0 Å². The molecule has 0 spiro atoms. The third-order valence-electron chi connectivity index (χ3n) is 2.85. The van der Waals surface area contributed by atoms with Crippen LogP contribution >= 0.6 is 0 Å². The lowest BCUT2D eigenvalue weighted by Crippen LogP contribution is -2.54. The normalized spacial score (nSPS) is 17.1. The van der Waals surface area contributed by atoms with E-state index in [1.807, 2.05) is 0 Å². The summed E-state index contributed by atoms with van der Waals surface area (Å²) in [7, 11) is 0. The van der Waals surface area contributed by atoms with Crippen molar-refractivity contribution >= 4 is 18.0 Å². The molecule has 1 fully saturated rings. The first-order valence-corrected chi connectivity index (χ1v) is 6.56. The fourth-order valence-corrected chi connectivity index (χ4v) is 1.99. The Balaban J connectivity index is 2.39. The zero-order valence-electron chi connectivity index (χ0n) is 12.3. The van der Waals surface area contributed by atoms with Gasteiger partial charge in [-0.3, -0.25) is 4.79 Å². The Morgan fingerprint density at radius 1 is 1.35 bits per heavy atom. The SMILES string of the molecule is CC(=O)N[C@@H](CC1CN(C(=O)OC(C)(C)C)C1)C(=O)O. The lowest BCUT2D eigenvalue weighted by molar-refractivity contribution is -0.142. The Labute approximate surface area is 118 Å². The zero-order chi connectivity index (χ0) is 15.5. The minimum Gasteiger partial charge on any atom is -0.480 e. The minimum absolute atomic E-state index is 0.0652. The van der Waals surface area contributed by atoms with E-state index in [0.717, 1.165) is 0 Å². The fourth-order valence-electron chi connectivity index (χ4n) is 1.99. The number of hydrogen-bond donors (Lipinski definition) is 2. The van der Waals surface area contributed by atoms with Crippen molar-refractivity contribution in [3.8, 4) is 0 Å². The first-order chi connectivity index (χ1) is 9.08. The molecule has 0 bridgehead atoms. The van der Waals surface area contributed by atoms with Gasteiger partial charge in [-0.15, -0.1) is 0 Å². The molecule has 0 aliphatic carbocycles. The fraction of sp³-hybridized carbons (Fsp3) is 0.769. The number of rotatable bonds is 4. The Morgan fingerprint density at radius 2 is 1.90 bits per heavy atom. The van der Waals surface area contributed by atoms with Crippen LogP contribution in [-0.2, 0) is 14.3 Å². The van der Waals surface area contributed by atoms with Crippen molar-refractivity contribution in [1.29, 1.82) is 0 Å². The van der Waals surface area contributed by atoms with Crippen LogP contribution in [0.25, 0.3) is 0 Å². The third-order valence-corrected chi connectivity index (χ3v) is 2.85. The maximum atomic E-state index is 11.7. The highest BCUT2D eigenvalue weighted by atomic mass is 16.6. The number of carboxylic acids is 1. The van der Waals surface area contributed by atoms with Crippen molar-refractivity contribution in [3.05, 3.63) is 0 Å². The van der Waals surface area contributed by atoms with Gasteiger partial charge in [0.2, 0.25) is 5.91 Å². The number of carbonyl (C=O) groups excluding carboxylic acids is 2. The standard InChI is InChI=1S/C13H22N2O5/c1-8(16)14-10(11(17)18)5-9-6-15(7-9)12(19)20-13(2,3)4/h9-10H,5-7H2,1-4H3,(H,14,16)(H,17,18)/t10-/m0/s1. The lowest BCUT2D eigenvalue weighted by atomic mass is 9.92. The molecule has 20 heavy (non-hydrogen) atoms. The largest absolute Gasteiger partial charge is 0.480 e. The molecular weight excluding hydrogens is 264 g/mol. The maximum Gasteiger partial charge on any atom is 0.410 e. The smallest absolute Gasteiger partial charge is 0.410 e. The van der Waals surface area contributed by atoms with Gasteiger partial charge in [0.1, 0.15) is 11.6 Å². The highest BCUT2D eigenvalue weighted by Gasteiger charge is 2.36. The molecule has 7 nitrogen and oxygen atoms in total. The molecule has 0 radical (unpaired) electrons. The predicted molar refractivity (Wildman–Crippen MR) is 71.2 cm³/mol. The number of nitrogens with zero attached hydrogens (tertiary/aromatic N) is 1. The molecule has 1 aliphatic heterocycles. The van der Waals surface area contributed by atoms with E-state index in [0.29, 0.717) is 19.5 Å². The summed E-state index contributed by atoms with van der Waals surface area (Å²) < 4.78 is 5.21. The second kappa shape index (κ2) is 6.11. The van der Waals surface area contributed by atoms with Crippen LogP contribution in [0.1, 0.15) is 34.1 Å². The molecule has 1 aliphatic rings. The quantitative estimate of drug-likeness (QED) is 0.798. The number of ether oxygens (including phenoxy) is 1. The van der Waals surface area contributed by atoms with Crippen LogP contribution in [0.15, 0.2) is 0 Å².